The molecular weight excluding hydrogens is 428 g/mol. The molecule has 0 radical (unpaired) electrons. The van der Waals surface area contributed by atoms with Gasteiger partial charge in [-0.15, -0.1) is 0 Å². The van der Waals surface area contributed by atoms with Crippen LogP contribution in [0.25, 0.3) is 6.08 Å². The lowest BCUT2D eigenvalue weighted by molar-refractivity contribution is -0.140. The molecule has 2 aromatic rings. The Hall–Kier alpha value is -3.39. The minimum Gasteiger partial charge on any atom is -0.496 e. The topological polar surface area (TPSA) is 68.3 Å². The van der Waals surface area contributed by atoms with Crippen LogP contribution in [0.5, 0.6) is 11.5 Å². The smallest absolute Gasteiger partial charge is 0.325 e. The van der Waals surface area contributed by atoms with Crippen molar-refractivity contribution in [3.63, 3.8) is 0 Å². The van der Waals surface area contributed by atoms with Crippen LogP contribution < -0.4 is 14.4 Å². The van der Waals surface area contributed by atoms with Crippen LogP contribution >= 0.6 is 12.2 Å². The largest absolute Gasteiger partial charge is 0.496 e. The first kappa shape index (κ1) is 23.3. The molecule has 1 heterocycles. The van der Waals surface area contributed by atoms with Gasteiger partial charge in [-0.05, 0) is 61.5 Å². The lowest BCUT2D eigenvalue weighted by Gasteiger charge is -2.19. The highest BCUT2D eigenvalue weighted by molar-refractivity contribution is 7.80. The van der Waals surface area contributed by atoms with Crippen LogP contribution in [0.3, 0.4) is 0 Å². The maximum atomic E-state index is 13.5. The maximum absolute atomic E-state index is 13.5. The summed E-state index contributed by atoms with van der Waals surface area (Å²) in [6.45, 7) is 3.74. The molecule has 7 nitrogen and oxygen atoms in total. The van der Waals surface area contributed by atoms with Crippen LogP contribution in [-0.2, 0) is 20.7 Å². The molecule has 0 unspecified atom stereocenters. The quantitative estimate of drug-likeness (QED) is 0.359. The Morgan fingerprint density at radius 3 is 2.31 bits per heavy atom. The molecule has 0 N–H and O–H groups in total. The van der Waals surface area contributed by atoms with Gasteiger partial charge in [0, 0.05) is 11.1 Å². The Labute approximate surface area is 193 Å². The highest BCUT2D eigenvalue weighted by Crippen LogP contribution is 2.35. The molecule has 0 atom stereocenters. The number of thiocarbonyl (C=S) groups is 1. The summed E-state index contributed by atoms with van der Waals surface area (Å²) in [7, 11) is 4.43. The lowest BCUT2D eigenvalue weighted by atomic mass is 10.1. The standard InChI is InChI=1S/C24H26N2O5S/c1-6-16-7-10-18(11-8-16)26-23(28)19(25(24(26)32)14-21(27)30-4)13-17-9-12-20(29-3)15(2)22(17)31-5/h7-13H,6,14H2,1-5H3/b19-13-. The molecule has 1 aliphatic rings. The van der Waals surface area contributed by atoms with Gasteiger partial charge < -0.3 is 19.1 Å². The van der Waals surface area contributed by atoms with Crippen molar-refractivity contribution in [1.29, 1.82) is 0 Å². The molecule has 1 amide bonds. The van der Waals surface area contributed by atoms with Gasteiger partial charge in [-0.25, -0.2) is 0 Å². The van der Waals surface area contributed by atoms with Crippen LogP contribution in [-0.4, -0.2) is 49.8 Å². The first-order valence-corrected chi connectivity index (χ1v) is 10.5. The highest BCUT2D eigenvalue weighted by atomic mass is 32.1. The van der Waals surface area contributed by atoms with E-state index in [9.17, 15) is 9.59 Å². The molecule has 168 valence electrons. The van der Waals surface area contributed by atoms with Gasteiger partial charge in [0.2, 0.25) is 0 Å². The second kappa shape index (κ2) is 9.82. The third-order valence-electron chi connectivity index (χ3n) is 5.36. The number of ether oxygens (including phenoxy) is 3. The van der Waals surface area contributed by atoms with Gasteiger partial charge in [-0.3, -0.25) is 14.5 Å². The van der Waals surface area contributed by atoms with Crippen LogP contribution in [0.1, 0.15) is 23.6 Å². The van der Waals surface area contributed by atoms with E-state index in [0.29, 0.717) is 22.7 Å². The summed E-state index contributed by atoms with van der Waals surface area (Å²) in [6.07, 6.45) is 2.55. The number of methoxy groups -OCH3 is 3. The van der Waals surface area contributed by atoms with Crippen molar-refractivity contribution in [1.82, 2.24) is 4.90 Å². The average Bonchev–Trinajstić information content (AvgIpc) is 3.03. The van der Waals surface area contributed by atoms with Gasteiger partial charge in [0.05, 0.1) is 27.0 Å². The number of carbonyl (C=O) groups excluding carboxylic acids is 2. The van der Waals surface area contributed by atoms with Gasteiger partial charge in [-0.2, -0.15) is 0 Å². The maximum Gasteiger partial charge on any atom is 0.325 e. The summed E-state index contributed by atoms with van der Waals surface area (Å²) in [5, 5.41) is 0.208. The van der Waals surface area contributed by atoms with E-state index in [0.717, 1.165) is 17.5 Å². The Balaban J connectivity index is 2.11. The van der Waals surface area contributed by atoms with Crippen molar-refractivity contribution in [2.45, 2.75) is 20.3 Å². The van der Waals surface area contributed by atoms with Crippen LogP contribution in [0.4, 0.5) is 5.69 Å². The average molecular weight is 455 g/mol. The van der Waals surface area contributed by atoms with Crippen molar-refractivity contribution in [3.05, 3.63) is 58.8 Å². The molecule has 3 rings (SSSR count). The molecule has 8 heteroatoms. The molecule has 2 aromatic carbocycles. The predicted octanol–water partition coefficient (Wildman–Crippen LogP) is 3.72. The third kappa shape index (κ3) is 4.31. The number of esters is 1. The Morgan fingerprint density at radius 1 is 1.06 bits per heavy atom. The van der Waals surface area contributed by atoms with Crippen LogP contribution in [0.15, 0.2) is 42.1 Å². The fraction of sp³-hybridized carbons (Fsp3) is 0.292. The summed E-state index contributed by atoms with van der Waals surface area (Å²) in [6, 6.07) is 11.2. The normalized spacial score (nSPS) is 14.8. The van der Waals surface area contributed by atoms with E-state index >= 15 is 0 Å². The van der Waals surface area contributed by atoms with Crippen molar-refractivity contribution < 1.29 is 23.8 Å². The van der Waals surface area contributed by atoms with E-state index in [-0.39, 0.29) is 23.3 Å². The number of carbonyl (C=O) groups is 2. The highest BCUT2D eigenvalue weighted by Gasteiger charge is 2.40. The second-order valence-electron chi connectivity index (χ2n) is 7.15. The van der Waals surface area contributed by atoms with E-state index in [1.54, 1.807) is 32.4 Å². The number of amides is 1. The minimum atomic E-state index is -0.507. The van der Waals surface area contributed by atoms with Gasteiger partial charge in [0.25, 0.3) is 5.91 Å². The zero-order valence-electron chi connectivity index (χ0n) is 18.8. The number of anilines is 1. The monoisotopic (exact) mass is 454 g/mol. The van der Waals surface area contributed by atoms with Gasteiger partial charge >= 0.3 is 5.97 Å². The molecule has 0 saturated carbocycles. The molecule has 0 aromatic heterocycles. The van der Waals surface area contributed by atoms with Gasteiger partial charge in [-0.1, -0.05) is 19.1 Å². The summed E-state index contributed by atoms with van der Waals surface area (Å²) in [5.74, 6) is 0.395. The fourth-order valence-corrected chi connectivity index (χ4v) is 3.93. The summed E-state index contributed by atoms with van der Waals surface area (Å²) >= 11 is 5.60. The molecule has 1 aliphatic heterocycles. The van der Waals surface area contributed by atoms with Crippen LogP contribution in [0, 0.1) is 6.92 Å². The van der Waals surface area contributed by atoms with Crippen molar-refractivity contribution >= 4 is 41.0 Å². The lowest BCUT2D eigenvalue weighted by Crippen LogP contribution is -2.35. The SMILES string of the molecule is CCc1ccc(N2C(=O)/C(=C/c3ccc(OC)c(C)c3OC)N(CC(=O)OC)C2=S)cc1. The van der Waals surface area contributed by atoms with Crippen molar-refractivity contribution in [2.24, 2.45) is 0 Å². The van der Waals surface area contributed by atoms with Crippen molar-refractivity contribution in [3.8, 4) is 11.5 Å². The molecule has 32 heavy (non-hydrogen) atoms. The molecule has 1 saturated heterocycles. The molecule has 1 fully saturated rings. The number of benzene rings is 2. The van der Waals surface area contributed by atoms with Crippen molar-refractivity contribution in [2.75, 3.05) is 32.8 Å². The summed E-state index contributed by atoms with van der Waals surface area (Å²) in [4.78, 5) is 28.5. The Kier molecular flexibility index (Phi) is 7.15. The van der Waals surface area contributed by atoms with E-state index in [4.69, 9.17) is 26.4 Å². The first-order valence-electron chi connectivity index (χ1n) is 10.1. The van der Waals surface area contributed by atoms with Crippen LogP contribution in [0.2, 0.25) is 0 Å². The van der Waals surface area contributed by atoms with Gasteiger partial charge in [0.15, 0.2) is 5.11 Å². The molecule has 0 spiro atoms. The third-order valence-corrected chi connectivity index (χ3v) is 5.76. The molecule has 0 bridgehead atoms. The fourth-order valence-electron chi connectivity index (χ4n) is 3.58. The molecular formula is C24H26N2O5S. The molecule has 0 aliphatic carbocycles. The zero-order chi connectivity index (χ0) is 23.4. The number of hydrogen-bond donors (Lipinski definition) is 0. The second-order valence-corrected chi connectivity index (χ2v) is 7.52. The Morgan fingerprint density at radius 2 is 1.75 bits per heavy atom. The predicted molar refractivity (Wildman–Crippen MR) is 127 cm³/mol. The Bertz CT molecular complexity index is 1080. The van der Waals surface area contributed by atoms with Gasteiger partial charge in [0.1, 0.15) is 23.7 Å². The first-order chi connectivity index (χ1) is 15.4. The number of rotatable bonds is 7. The number of hydrogen-bond acceptors (Lipinski definition) is 6. The summed E-state index contributed by atoms with van der Waals surface area (Å²) < 4.78 is 15.8. The van der Waals surface area contributed by atoms with E-state index in [1.165, 1.54) is 16.9 Å². The number of nitrogens with zero attached hydrogens (tertiary/aromatic N) is 2. The summed E-state index contributed by atoms with van der Waals surface area (Å²) in [5.41, 5.74) is 3.49. The van der Waals surface area contributed by atoms with E-state index in [1.807, 2.05) is 31.2 Å². The van der Waals surface area contributed by atoms with E-state index < -0.39 is 5.97 Å². The number of aryl methyl sites for hydroxylation is 1. The van der Waals surface area contributed by atoms with E-state index in [2.05, 4.69) is 6.92 Å². The minimum absolute atomic E-state index is 0.187. The zero-order valence-corrected chi connectivity index (χ0v) is 19.6.